The van der Waals surface area contributed by atoms with Crippen LogP contribution < -0.4 is 10.2 Å². The van der Waals surface area contributed by atoms with Crippen LogP contribution in [0.5, 0.6) is 0 Å². The van der Waals surface area contributed by atoms with Gasteiger partial charge >= 0.3 is 0 Å². The molecule has 1 amide bonds. The van der Waals surface area contributed by atoms with Gasteiger partial charge in [0, 0.05) is 45.5 Å². The largest absolute Gasteiger partial charge is 0.378 e. The number of carbonyl (C=O) groups excluding carboxylic acids is 1. The number of benzene rings is 1. The molecule has 0 aromatic heterocycles. The van der Waals surface area contributed by atoms with Crippen LogP contribution >= 0.6 is 0 Å². The number of amides is 1. The third kappa shape index (κ3) is 2.91. The Morgan fingerprint density at radius 2 is 1.90 bits per heavy atom. The molecule has 3 unspecified atom stereocenters. The maximum atomic E-state index is 12.6. The molecule has 21 heavy (non-hydrogen) atoms. The van der Waals surface area contributed by atoms with Gasteiger partial charge in [-0.1, -0.05) is 12.1 Å². The molecule has 0 radical (unpaired) electrons. The van der Waals surface area contributed by atoms with Crippen molar-refractivity contribution in [2.45, 2.75) is 37.9 Å². The predicted molar refractivity (Wildman–Crippen MR) is 85.3 cm³/mol. The van der Waals surface area contributed by atoms with E-state index in [-0.39, 0.29) is 5.92 Å². The minimum absolute atomic E-state index is 0.190. The Hall–Kier alpha value is -1.55. The van der Waals surface area contributed by atoms with Crippen LogP contribution in [-0.4, -0.2) is 44.0 Å². The van der Waals surface area contributed by atoms with Gasteiger partial charge in [0.15, 0.2) is 0 Å². The lowest BCUT2D eigenvalue weighted by atomic mass is 9.88. The molecule has 0 aliphatic carbocycles. The average molecular weight is 287 g/mol. The Balaban J connectivity index is 1.60. The molecule has 2 heterocycles. The van der Waals surface area contributed by atoms with Crippen LogP contribution in [-0.2, 0) is 11.3 Å². The van der Waals surface area contributed by atoms with Gasteiger partial charge in [0.2, 0.25) is 5.91 Å². The van der Waals surface area contributed by atoms with Crippen molar-refractivity contribution < 1.29 is 4.79 Å². The Morgan fingerprint density at radius 1 is 1.19 bits per heavy atom. The maximum absolute atomic E-state index is 12.6. The predicted octanol–water partition coefficient (Wildman–Crippen LogP) is 1.85. The summed E-state index contributed by atoms with van der Waals surface area (Å²) in [5, 5.41) is 3.54. The van der Waals surface area contributed by atoms with E-state index in [0.29, 0.717) is 24.5 Å². The summed E-state index contributed by atoms with van der Waals surface area (Å²) >= 11 is 0. The lowest BCUT2D eigenvalue weighted by Crippen LogP contribution is -2.38. The van der Waals surface area contributed by atoms with Gasteiger partial charge in [0.1, 0.15) is 0 Å². The van der Waals surface area contributed by atoms with E-state index in [1.54, 1.807) is 0 Å². The van der Waals surface area contributed by atoms with Gasteiger partial charge in [-0.05, 0) is 37.0 Å². The fourth-order valence-corrected chi connectivity index (χ4v) is 3.63. The highest BCUT2D eigenvalue weighted by Gasteiger charge is 2.43. The zero-order valence-corrected chi connectivity index (χ0v) is 13.2. The van der Waals surface area contributed by atoms with Crippen molar-refractivity contribution in [1.29, 1.82) is 0 Å². The first-order valence-corrected chi connectivity index (χ1v) is 7.82. The van der Waals surface area contributed by atoms with Gasteiger partial charge in [-0.3, -0.25) is 4.79 Å². The molecular formula is C17H25N3O. The topological polar surface area (TPSA) is 35.6 Å². The first kappa shape index (κ1) is 14.4. The lowest BCUT2D eigenvalue weighted by molar-refractivity contribution is -0.135. The first-order valence-electron chi connectivity index (χ1n) is 7.82. The molecule has 0 saturated carbocycles. The van der Waals surface area contributed by atoms with E-state index in [2.05, 4.69) is 34.5 Å². The van der Waals surface area contributed by atoms with E-state index in [1.165, 1.54) is 17.7 Å². The summed E-state index contributed by atoms with van der Waals surface area (Å²) < 4.78 is 0. The molecule has 1 aromatic rings. The van der Waals surface area contributed by atoms with E-state index in [1.807, 2.05) is 26.0 Å². The van der Waals surface area contributed by atoms with Gasteiger partial charge in [0.05, 0.1) is 5.92 Å². The van der Waals surface area contributed by atoms with Crippen molar-refractivity contribution in [2.24, 2.45) is 5.92 Å². The van der Waals surface area contributed by atoms with E-state index in [4.69, 9.17) is 0 Å². The summed E-state index contributed by atoms with van der Waals surface area (Å²) in [6, 6.07) is 9.42. The van der Waals surface area contributed by atoms with Gasteiger partial charge in [-0.25, -0.2) is 0 Å². The number of fused-ring (bicyclic) bond motifs is 2. The Bertz CT molecular complexity index is 511. The van der Waals surface area contributed by atoms with Crippen LogP contribution in [0.2, 0.25) is 0 Å². The number of hydrogen-bond acceptors (Lipinski definition) is 3. The normalized spacial score (nSPS) is 26.9. The van der Waals surface area contributed by atoms with Gasteiger partial charge in [-0.2, -0.15) is 0 Å². The van der Waals surface area contributed by atoms with Crippen LogP contribution in [0.3, 0.4) is 0 Å². The summed E-state index contributed by atoms with van der Waals surface area (Å²) in [6.07, 6.45) is 3.42. The van der Waals surface area contributed by atoms with Gasteiger partial charge in [0.25, 0.3) is 0 Å². The minimum atomic E-state index is 0.190. The number of carbonyl (C=O) groups is 1. The summed E-state index contributed by atoms with van der Waals surface area (Å²) in [7, 11) is 5.99. The standard InChI is InChI=1S/C17H25N3O/c1-19(2)14-7-4-12(5-8-14)11-20(3)17(21)15-10-13-6-9-16(15)18-13/h4-5,7-8,13,15-16,18H,6,9-11H2,1-3H3. The summed E-state index contributed by atoms with van der Waals surface area (Å²) in [5.74, 6) is 0.487. The zero-order chi connectivity index (χ0) is 15.0. The van der Waals surface area contributed by atoms with E-state index >= 15 is 0 Å². The molecule has 1 N–H and O–H groups in total. The lowest BCUT2D eigenvalue weighted by Gasteiger charge is -2.26. The second-order valence-electron chi connectivity index (χ2n) is 6.64. The van der Waals surface area contributed by atoms with Crippen molar-refractivity contribution in [3.05, 3.63) is 29.8 Å². The Kier molecular flexibility index (Phi) is 3.89. The Labute approximate surface area is 127 Å². The van der Waals surface area contributed by atoms with Crippen molar-refractivity contribution >= 4 is 11.6 Å². The molecule has 3 atom stereocenters. The molecule has 2 bridgehead atoms. The molecule has 2 fully saturated rings. The molecule has 0 spiro atoms. The quantitative estimate of drug-likeness (QED) is 0.918. The number of rotatable bonds is 4. The smallest absolute Gasteiger partial charge is 0.227 e. The third-order valence-corrected chi connectivity index (χ3v) is 4.87. The summed E-state index contributed by atoms with van der Waals surface area (Å²) in [6.45, 7) is 0.695. The molecule has 2 aliphatic heterocycles. The summed E-state index contributed by atoms with van der Waals surface area (Å²) in [5.41, 5.74) is 2.37. The average Bonchev–Trinajstić information content (AvgIpc) is 3.09. The molecule has 3 rings (SSSR count). The number of hydrogen-bond donors (Lipinski definition) is 1. The number of nitrogens with one attached hydrogen (secondary N) is 1. The van der Waals surface area contributed by atoms with Crippen LogP contribution in [0.4, 0.5) is 5.69 Å². The molecular weight excluding hydrogens is 262 g/mol. The highest BCUT2D eigenvalue weighted by atomic mass is 16.2. The third-order valence-electron chi connectivity index (χ3n) is 4.87. The zero-order valence-electron chi connectivity index (χ0n) is 13.2. The Morgan fingerprint density at radius 3 is 2.43 bits per heavy atom. The van der Waals surface area contributed by atoms with Crippen LogP contribution in [0.15, 0.2) is 24.3 Å². The molecule has 4 heteroatoms. The van der Waals surface area contributed by atoms with Crippen molar-refractivity contribution in [2.75, 3.05) is 26.0 Å². The fraction of sp³-hybridized carbons (Fsp3) is 0.588. The van der Waals surface area contributed by atoms with E-state index in [0.717, 1.165) is 12.8 Å². The van der Waals surface area contributed by atoms with Gasteiger partial charge in [-0.15, -0.1) is 0 Å². The molecule has 1 aromatic carbocycles. The monoisotopic (exact) mass is 287 g/mol. The fourth-order valence-electron chi connectivity index (χ4n) is 3.63. The molecule has 114 valence electrons. The minimum Gasteiger partial charge on any atom is -0.378 e. The SMILES string of the molecule is CN(Cc1ccc(N(C)C)cc1)C(=O)C1CC2CCC1N2. The second kappa shape index (κ2) is 5.68. The summed E-state index contributed by atoms with van der Waals surface area (Å²) in [4.78, 5) is 16.6. The molecule has 4 nitrogen and oxygen atoms in total. The number of anilines is 1. The maximum Gasteiger partial charge on any atom is 0.227 e. The van der Waals surface area contributed by atoms with Crippen molar-refractivity contribution in [1.82, 2.24) is 10.2 Å². The van der Waals surface area contributed by atoms with Crippen molar-refractivity contribution in [3.63, 3.8) is 0 Å². The number of nitrogens with zero attached hydrogens (tertiary/aromatic N) is 2. The van der Waals surface area contributed by atoms with Crippen LogP contribution in [0.1, 0.15) is 24.8 Å². The van der Waals surface area contributed by atoms with Crippen molar-refractivity contribution in [3.8, 4) is 0 Å². The van der Waals surface area contributed by atoms with Crippen LogP contribution in [0, 0.1) is 5.92 Å². The van der Waals surface area contributed by atoms with Crippen LogP contribution in [0.25, 0.3) is 0 Å². The first-order chi connectivity index (χ1) is 10.0. The molecule has 2 aliphatic rings. The highest BCUT2D eigenvalue weighted by Crippen LogP contribution is 2.34. The van der Waals surface area contributed by atoms with E-state index < -0.39 is 0 Å². The van der Waals surface area contributed by atoms with Gasteiger partial charge < -0.3 is 15.1 Å². The molecule has 2 saturated heterocycles. The second-order valence-corrected chi connectivity index (χ2v) is 6.64. The van der Waals surface area contributed by atoms with E-state index in [9.17, 15) is 4.79 Å². The highest BCUT2D eigenvalue weighted by molar-refractivity contribution is 5.80.